The number of nitrogens with two attached hydrogens (primary N) is 1. The van der Waals surface area contributed by atoms with Gasteiger partial charge in [0.15, 0.2) is 0 Å². The summed E-state index contributed by atoms with van der Waals surface area (Å²) in [6.07, 6.45) is 0.558. The van der Waals surface area contributed by atoms with E-state index in [9.17, 15) is 4.39 Å². The van der Waals surface area contributed by atoms with Crippen molar-refractivity contribution in [2.45, 2.75) is 18.9 Å². The molecule has 0 bridgehead atoms. The molecule has 0 saturated carbocycles. The van der Waals surface area contributed by atoms with Gasteiger partial charge in [0.05, 0.1) is 24.9 Å². The van der Waals surface area contributed by atoms with Crippen molar-refractivity contribution in [3.8, 4) is 5.75 Å². The third-order valence-electron chi connectivity index (χ3n) is 4.13. The second-order valence-corrected chi connectivity index (χ2v) is 5.84. The zero-order valence-electron chi connectivity index (χ0n) is 13.7. The summed E-state index contributed by atoms with van der Waals surface area (Å²) in [4.78, 5) is 4.31. The Morgan fingerprint density at radius 1 is 1.29 bits per heavy atom. The number of nitrogens with zero attached hydrogens (tertiary/aromatic N) is 1. The fourth-order valence-corrected chi connectivity index (χ4v) is 2.80. The Morgan fingerprint density at radius 3 is 2.83 bits per heavy atom. The molecule has 5 nitrogen and oxygen atoms in total. The van der Waals surface area contributed by atoms with Gasteiger partial charge in [-0.2, -0.15) is 0 Å². The molecule has 0 aromatic heterocycles. The third kappa shape index (κ3) is 3.13. The summed E-state index contributed by atoms with van der Waals surface area (Å²) in [6.45, 7) is 2.27. The van der Waals surface area contributed by atoms with E-state index in [-0.39, 0.29) is 11.8 Å². The van der Waals surface area contributed by atoms with E-state index in [0.717, 1.165) is 11.4 Å². The number of ether oxygens (including phenoxy) is 2. The van der Waals surface area contributed by atoms with Gasteiger partial charge in [0.2, 0.25) is 0 Å². The lowest BCUT2D eigenvalue weighted by Crippen LogP contribution is -2.34. The Labute approximate surface area is 140 Å². The molecule has 0 unspecified atom stereocenters. The van der Waals surface area contributed by atoms with Gasteiger partial charge in [-0.1, -0.05) is 12.1 Å². The summed E-state index contributed by atoms with van der Waals surface area (Å²) in [7, 11) is 1.61. The van der Waals surface area contributed by atoms with Crippen LogP contribution >= 0.6 is 0 Å². The van der Waals surface area contributed by atoms with Crippen LogP contribution in [0, 0.1) is 5.82 Å². The van der Waals surface area contributed by atoms with Crippen LogP contribution in [-0.2, 0) is 10.3 Å². The van der Waals surface area contributed by atoms with Gasteiger partial charge < -0.3 is 20.5 Å². The van der Waals surface area contributed by atoms with Crippen molar-refractivity contribution < 1.29 is 13.9 Å². The lowest BCUT2D eigenvalue weighted by Gasteiger charge is -2.30. The van der Waals surface area contributed by atoms with Gasteiger partial charge in [-0.25, -0.2) is 9.38 Å². The number of rotatable bonds is 4. The molecule has 3 rings (SSSR count). The van der Waals surface area contributed by atoms with Gasteiger partial charge in [-0.05, 0) is 37.3 Å². The maximum absolute atomic E-state index is 14.4. The van der Waals surface area contributed by atoms with Crippen LogP contribution in [0.15, 0.2) is 47.5 Å². The number of nitrogens with one attached hydrogen (secondary N) is 1. The minimum absolute atomic E-state index is 0.0891. The lowest BCUT2D eigenvalue weighted by atomic mass is 9.88. The highest BCUT2D eigenvalue weighted by Crippen LogP contribution is 2.36. The van der Waals surface area contributed by atoms with Gasteiger partial charge in [0.25, 0.3) is 6.02 Å². The van der Waals surface area contributed by atoms with Gasteiger partial charge in [-0.15, -0.1) is 0 Å². The van der Waals surface area contributed by atoms with E-state index < -0.39 is 5.54 Å². The topological polar surface area (TPSA) is 68.9 Å². The Morgan fingerprint density at radius 2 is 2.08 bits per heavy atom. The normalized spacial score (nSPS) is 20.0. The summed E-state index contributed by atoms with van der Waals surface area (Å²) < 4.78 is 24.9. The van der Waals surface area contributed by atoms with Crippen LogP contribution in [0.4, 0.5) is 15.8 Å². The molecule has 0 aliphatic carbocycles. The summed E-state index contributed by atoms with van der Waals surface area (Å²) in [5, 5.41) is 3.26. The summed E-state index contributed by atoms with van der Waals surface area (Å²) in [5.74, 6) is 0.393. The molecule has 1 atom stereocenters. The minimum Gasteiger partial charge on any atom is -0.495 e. The number of methoxy groups -OCH3 is 1. The maximum Gasteiger partial charge on any atom is 0.282 e. The number of halogens is 1. The van der Waals surface area contributed by atoms with Crippen LogP contribution < -0.4 is 15.8 Å². The van der Waals surface area contributed by atoms with Crippen molar-refractivity contribution in [3.63, 3.8) is 0 Å². The number of benzene rings is 2. The summed E-state index contributed by atoms with van der Waals surface area (Å²) in [6, 6.07) is 12.5. The summed E-state index contributed by atoms with van der Waals surface area (Å²) in [5.41, 5.74) is 6.96. The van der Waals surface area contributed by atoms with Gasteiger partial charge in [0, 0.05) is 17.7 Å². The number of hydrogen-bond acceptors (Lipinski definition) is 5. The van der Waals surface area contributed by atoms with Crippen molar-refractivity contribution in [3.05, 3.63) is 53.8 Å². The largest absolute Gasteiger partial charge is 0.495 e. The van der Waals surface area contributed by atoms with E-state index in [1.807, 2.05) is 31.2 Å². The molecule has 0 saturated heterocycles. The smallest absolute Gasteiger partial charge is 0.282 e. The molecule has 2 aromatic carbocycles. The maximum atomic E-state index is 14.4. The van der Waals surface area contributed by atoms with Crippen molar-refractivity contribution in [2.75, 3.05) is 19.0 Å². The molecule has 1 heterocycles. The Bertz CT molecular complexity index is 779. The van der Waals surface area contributed by atoms with E-state index in [2.05, 4.69) is 10.3 Å². The minimum atomic E-state index is -0.745. The molecular formula is C18H20FN3O2. The van der Waals surface area contributed by atoms with E-state index in [0.29, 0.717) is 24.3 Å². The van der Waals surface area contributed by atoms with E-state index >= 15 is 0 Å². The Kier molecular flexibility index (Phi) is 4.29. The highest BCUT2D eigenvalue weighted by molar-refractivity contribution is 5.73. The van der Waals surface area contributed by atoms with E-state index in [4.69, 9.17) is 15.2 Å². The molecule has 24 heavy (non-hydrogen) atoms. The molecular weight excluding hydrogens is 309 g/mol. The molecule has 126 valence electrons. The van der Waals surface area contributed by atoms with Crippen LogP contribution in [-0.4, -0.2) is 19.7 Å². The van der Waals surface area contributed by atoms with Crippen LogP contribution in [0.5, 0.6) is 5.75 Å². The van der Waals surface area contributed by atoms with Crippen molar-refractivity contribution in [1.29, 1.82) is 0 Å². The molecule has 0 spiro atoms. The van der Waals surface area contributed by atoms with Crippen molar-refractivity contribution >= 4 is 17.4 Å². The Balaban J connectivity index is 1.96. The molecule has 1 aliphatic heterocycles. The van der Waals surface area contributed by atoms with Gasteiger partial charge in [0.1, 0.15) is 11.6 Å². The first-order chi connectivity index (χ1) is 11.5. The van der Waals surface area contributed by atoms with Gasteiger partial charge >= 0.3 is 0 Å². The van der Waals surface area contributed by atoms with Crippen molar-refractivity contribution in [2.24, 2.45) is 10.7 Å². The van der Waals surface area contributed by atoms with Crippen LogP contribution in [0.2, 0.25) is 0 Å². The zero-order chi connectivity index (χ0) is 17.2. The number of aliphatic imine (C=N–C) groups is 1. The highest BCUT2D eigenvalue weighted by atomic mass is 19.1. The number of para-hydroxylation sites is 2. The van der Waals surface area contributed by atoms with Gasteiger partial charge in [-0.3, -0.25) is 0 Å². The fourth-order valence-electron chi connectivity index (χ4n) is 2.80. The highest BCUT2D eigenvalue weighted by Gasteiger charge is 2.32. The molecule has 1 aliphatic rings. The zero-order valence-corrected chi connectivity index (χ0v) is 13.7. The standard InChI is InChI=1S/C18H20FN3O2/c1-18(9-10-24-17(20)22-18)13-11-12(7-8-14(13)19)21-15-5-3-4-6-16(15)23-2/h3-8,11,21H,9-10H2,1-2H3,(H2,20,22)/t18-/m0/s1. The second-order valence-electron chi connectivity index (χ2n) is 5.84. The third-order valence-corrected chi connectivity index (χ3v) is 4.13. The average Bonchev–Trinajstić information content (AvgIpc) is 2.57. The first-order valence-electron chi connectivity index (χ1n) is 7.70. The molecule has 0 fully saturated rings. The van der Waals surface area contributed by atoms with Crippen LogP contribution in [0.25, 0.3) is 0 Å². The van der Waals surface area contributed by atoms with E-state index in [1.54, 1.807) is 19.2 Å². The quantitative estimate of drug-likeness (QED) is 0.900. The summed E-state index contributed by atoms with van der Waals surface area (Å²) >= 11 is 0. The fraction of sp³-hybridized carbons (Fsp3) is 0.278. The molecule has 2 aromatic rings. The predicted molar refractivity (Wildman–Crippen MR) is 92.2 cm³/mol. The average molecular weight is 329 g/mol. The number of anilines is 2. The molecule has 6 heteroatoms. The monoisotopic (exact) mass is 329 g/mol. The SMILES string of the molecule is COc1ccccc1Nc1ccc(F)c([C@]2(C)CCOC(N)=N2)c1. The first-order valence-corrected chi connectivity index (χ1v) is 7.70. The van der Waals surface area contributed by atoms with Crippen LogP contribution in [0.1, 0.15) is 18.9 Å². The predicted octanol–water partition coefficient (Wildman–Crippen LogP) is 3.53. The number of hydrogen-bond donors (Lipinski definition) is 2. The van der Waals surface area contributed by atoms with Crippen LogP contribution in [0.3, 0.4) is 0 Å². The lowest BCUT2D eigenvalue weighted by molar-refractivity contribution is 0.215. The molecule has 0 radical (unpaired) electrons. The Hall–Kier alpha value is -2.76. The van der Waals surface area contributed by atoms with Crippen molar-refractivity contribution in [1.82, 2.24) is 0 Å². The second kappa shape index (κ2) is 6.39. The molecule has 3 N–H and O–H groups in total. The first kappa shape index (κ1) is 16.1. The molecule has 0 amide bonds. The van der Waals surface area contributed by atoms with E-state index in [1.165, 1.54) is 6.07 Å². The number of amidine groups is 1.